The van der Waals surface area contributed by atoms with Gasteiger partial charge < -0.3 is 9.47 Å². The summed E-state index contributed by atoms with van der Waals surface area (Å²) in [6.45, 7) is 4.85. The van der Waals surface area contributed by atoms with Crippen LogP contribution in [0.1, 0.15) is 24.2 Å². The molecule has 0 aliphatic carbocycles. The molecule has 0 aliphatic heterocycles. The van der Waals surface area contributed by atoms with Crippen LogP contribution in [0.5, 0.6) is 5.75 Å². The normalized spacial score (nSPS) is 10.8. The van der Waals surface area contributed by atoms with E-state index in [1.54, 1.807) is 21.3 Å². The van der Waals surface area contributed by atoms with Gasteiger partial charge in [0, 0.05) is 13.1 Å². The number of hydrogen-bond acceptors (Lipinski definition) is 4. The fourth-order valence-corrected chi connectivity index (χ4v) is 2.40. The summed E-state index contributed by atoms with van der Waals surface area (Å²) in [5, 5.41) is 0. The molecule has 0 saturated heterocycles. The number of aryl methyl sites for hydroxylation is 2. The van der Waals surface area contributed by atoms with E-state index >= 15 is 0 Å². The Balaban J connectivity index is 2.91. The number of ether oxygens (including phenoxy) is 2. The van der Waals surface area contributed by atoms with Crippen LogP contribution >= 0.6 is 0 Å². The number of methoxy groups -OCH3 is 2. The number of rotatable bonds is 4. The van der Waals surface area contributed by atoms with Crippen LogP contribution in [-0.4, -0.2) is 29.3 Å². The van der Waals surface area contributed by atoms with Gasteiger partial charge in [0.1, 0.15) is 11.3 Å². The largest absolute Gasteiger partial charge is 0.494 e. The van der Waals surface area contributed by atoms with Gasteiger partial charge >= 0.3 is 11.7 Å². The SMILES string of the molecule is CCn1c(=O)n(CC)c2c(OC)cc(C(=O)OC)cc21. The maximum atomic E-state index is 12.3. The molecule has 0 bridgehead atoms. The Kier molecular flexibility index (Phi) is 3.83. The standard InChI is InChI=1S/C14H18N2O4/c1-5-15-10-7-9(13(17)20-4)8-11(19-3)12(10)16(6-2)14(15)18/h7-8H,5-6H2,1-4H3. The van der Waals surface area contributed by atoms with E-state index in [1.807, 2.05) is 13.8 Å². The Morgan fingerprint density at radius 3 is 2.30 bits per heavy atom. The predicted octanol–water partition coefficient (Wildman–Crippen LogP) is 1.64. The van der Waals surface area contributed by atoms with Crippen molar-refractivity contribution in [1.29, 1.82) is 0 Å². The van der Waals surface area contributed by atoms with E-state index in [4.69, 9.17) is 9.47 Å². The number of esters is 1. The average Bonchev–Trinajstić information content (AvgIpc) is 2.75. The number of fused-ring (bicyclic) bond motifs is 1. The molecule has 2 rings (SSSR count). The zero-order valence-electron chi connectivity index (χ0n) is 12.1. The molecule has 1 aromatic heterocycles. The Labute approximate surface area is 116 Å². The smallest absolute Gasteiger partial charge is 0.338 e. The van der Waals surface area contributed by atoms with Crippen molar-refractivity contribution in [2.24, 2.45) is 0 Å². The van der Waals surface area contributed by atoms with Crippen LogP contribution in [0.25, 0.3) is 11.0 Å². The van der Waals surface area contributed by atoms with E-state index in [2.05, 4.69) is 0 Å². The molecular formula is C14H18N2O4. The van der Waals surface area contributed by atoms with Gasteiger partial charge in [-0.2, -0.15) is 0 Å². The van der Waals surface area contributed by atoms with Gasteiger partial charge in [-0.3, -0.25) is 9.13 Å². The first-order valence-electron chi connectivity index (χ1n) is 6.48. The lowest BCUT2D eigenvalue weighted by Gasteiger charge is -2.08. The zero-order valence-corrected chi connectivity index (χ0v) is 12.1. The van der Waals surface area contributed by atoms with Crippen LogP contribution < -0.4 is 10.4 Å². The summed E-state index contributed by atoms with van der Waals surface area (Å²) in [5.74, 6) is 0.0404. The fourth-order valence-electron chi connectivity index (χ4n) is 2.40. The predicted molar refractivity (Wildman–Crippen MR) is 75.4 cm³/mol. The molecule has 1 aromatic carbocycles. The molecule has 0 amide bonds. The number of imidazole rings is 1. The molecule has 6 nitrogen and oxygen atoms in total. The van der Waals surface area contributed by atoms with Crippen molar-refractivity contribution in [3.05, 3.63) is 28.2 Å². The van der Waals surface area contributed by atoms with Crippen LogP contribution in [0.4, 0.5) is 0 Å². The lowest BCUT2D eigenvalue weighted by atomic mass is 10.1. The lowest BCUT2D eigenvalue weighted by Crippen LogP contribution is -2.23. The molecule has 0 N–H and O–H groups in total. The average molecular weight is 278 g/mol. The molecule has 0 fully saturated rings. The monoisotopic (exact) mass is 278 g/mol. The second-order valence-electron chi connectivity index (χ2n) is 4.31. The van der Waals surface area contributed by atoms with Gasteiger partial charge in [0.15, 0.2) is 0 Å². The summed E-state index contributed by atoms with van der Waals surface area (Å²) in [5.41, 5.74) is 1.64. The number of benzene rings is 1. The summed E-state index contributed by atoms with van der Waals surface area (Å²) in [6.07, 6.45) is 0. The number of aromatic nitrogens is 2. The van der Waals surface area contributed by atoms with Crippen molar-refractivity contribution in [3.8, 4) is 5.75 Å². The van der Waals surface area contributed by atoms with Crippen molar-refractivity contribution in [1.82, 2.24) is 9.13 Å². The van der Waals surface area contributed by atoms with E-state index in [1.165, 1.54) is 14.2 Å². The first kappa shape index (κ1) is 14.2. The van der Waals surface area contributed by atoms with E-state index in [0.29, 0.717) is 35.4 Å². The first-order valence-corrected chi connectivity index (χ1v) is 6.48. The number of carbonyl (C=O) groups excluding carboxylic acids is 1. The van der Waals surface area contributed by atoms with Gasteiger partial charge in [0.05, 0.1) is 25.3 Å². The van der Waals surface area contributed by atoms with E-state index in [0.717, 1.165) is 0 Å². The Morgan fingerprint density at radius 2 is 1.80 bits per heavy atom. The number of nitrogens with zero attached hydrogens (tertiary/aromatic N) is 2. The number of hydrogen-bond donors (Lipinski definition) is 0. The second kappa shape index (κ2) is 5.40. The van der Waals surface area contributed by atoms with Gasteiger partial charge in [0.25, 0.3) is 0 Å². The van der Waals surface area contributed by atoms with Crippen molar-refractivity contribution >= 4 is 17.0 Å². The highest BCUT2D eigenvalue weighted by molar-refractivity contribution is 5.96. The topological polar surface area (TPSA) is 62.5 Å². The molecule has 0 unspecified atom stereocenters. The minimum atomic E-state index is -0.454. The van der Waals surface area contributed by atoms with Crippen molar-refractivity contribution in [2.45, 2.75) is 26.9 Å². The Morgan fingerprint density at radius 1 is 1.15 bits per heavy atom. The van der Waals surface area contributed by atoms with Gasteiger partial charge in [-0.15, -0.1) is 0 Å². The van der Waals surface area contributed by atoms with E-state index in [-0.39, 0.29) is 5.69 Å². The molecule has 0 saturated carbocycles. The van der Waals surface area contributed by atoms with Gasteiger partial charge in [0.2, 0.25) is 0 Å². The van der Waals surface area contributed by atoms with Crippen LogP contribution in [0.3, 0.4) is 0 Å². The van der Waals surface area contributed by atoms with Crippen LogP contribution in [0.2, 0.25) is 0 Å². The molecule has 0 atom stereocenters. The molecule has 108 valence electrons. The first-order chi connectivity index (χ1) is 9.58. The highest BCUT2D eigenvalue weighted by Crippen LogP contribution is 2.27. The molecule has 6 heteroatoms. The highest BCUT2D eigenvalue weighted by Gasteiger charge is 2.19. The maximum absolute atomic E-state index is 12.3. The molecule has 0 spiro atoms. The molecular weight excluding hydrogens is 260 g/mol. The number of carbonyl (C=O) groups is 1. The van der Waals surface area contributed by atoms with Crippen molar-refractivity contribution in [3.63, 3.8) is 0 Å². The lowest BCUT2D eigenvalue weighted by molar-refractivity contribution is 0.0600. The summed E-state index contributed by atoms with van der Waals surface area (Å²) < 4.78 is 13.3. The summed E-state index contributed by atoms with van der Waals surface area (Å²) in [6, 6.07) is 3.26. The Bertz CT molecular complexity index is 712. The summed E-state index contributed by atoms with van der Waals surface area (Å²) >= 11 is 0. The summed E-state index contributed by atoms with van der Waals surface area (Å²) in [7, 11) is 2.84. The van der Waals surface area contributed by atoms with E-state index in [9.17, 15) is 9.59 Å². The molecule has 1 heterocycles. The van der Waals surface area contributed by atoms with Gasteiger partial charge in [-0.05, 0) is 26.0 Å². The molecule has 0 aliphatic rings. The molecule has 20 heavy (non-hydrogen) atoms. The van der Waals surface area contributed by atoms with Crippen molar-refractivity contribution < 1.29 is 14.3 Å². The third-order valence-corrected chi connectivity index (χ3v) is 3.35. The highest BCUT2D eigenvalue weighted by atomic mass is 16.5. The molecule has 2 aromatic rings. The van der Waals surface area contributed by atoms with Crippen LogP contribution in [-0.2, 0) is 17.8 Å². The molecule has 0 radical (unpaired) electrons. The summed E-state index contributed by atoms with van der Waals surface area (Å²) in [4.78, 5) is 24.0. The minimum Gasteiger partial charge on any atom is -0.494 e. The third-order valence-electron chi connectivity index (χ3n) is 3.35. The van der Waals surface area contributed by atoms with Crippen LogP contribution in [0.15, 0.2) is 16.9 Å². The third kappa shape index (κ3) is 1.97. The maximum Gasteiger partial charge on any atom is 0.338 e. The van der Waals surface area contributed by atoms with Gasteiger partial charge in [-0.1, -0.05) is 0 Å². The zero-order chi connectivity index (χ0) is 14.9. The van der Waals surface area contributed by atoms with Gasteiger partial charge in [-0.25, -0.2) is 9.59 Å². The second-order valence-corrected chi connectivity index (χ2v) is 4.31. The Hall–Kier alpha value is -2.24. The quantitative estimate of drug-likeness (QED) is 0.798. The van der Waals surface area contributed by atoms with E-state index < -0.39 is 5.97 Å². The van der Waals surface area contributed by atoms with Crippen molar-refractivity contribution in [2.75, 3.05) is 14.2 Å². The minimum absolute atomic E-state index is 0.106. The van der Waals surface area contributed by atoms with Crippen LogP contribution in [0, 0.1) is 0 Å². The fraction of sp³-hybridized carbons (Fsp3) is 0.429.